The molecule has 1 unspecified atom stereocenters. The molecule has 0 spiro atoms. The van der Waals surface area contributed by atoms with E-state index in [-0.39, 0.29) is 16.3 Å². The first-order valence-corrected chi connectivity index (χ1v) is 7.17. The Kier molecular flexibility index (Phi) is 6.32. The fraction of sp³-hybridized carbons (Fsp3) is 0.467. The van der Waals surface area contributed by atoms with Crippen LogP contribution in [0, 0.1) is 0 Å². The van der Waals surface area contributed by atoms with Crippen LogP contribution in [0.5, 0.6) is 0 Å². The first-order chi connectivity index (χ1) is 10.5. The van der Waals surface area contributed by atoms with Gasteiger partial charge in [0.05, 0.1) is 12.3 Å². The van der Waals surface area contributed by atoms with Crippen molar-refractivity contribution in [2.24, 2.45) is 0 Å². The first-order valence-electron chi connectivity index (χ1n) is 6.79. The zero-order chi connectivity index (χ0) is 17.8. The summed E-state index contributed by atoms with van der Waals surface area (Å²) in [6.45, 7) is 5.04. The van der Waals surface area contributed by atoms with Gasteiger partial charge in [-0.25, -0.2) is 13.6 Å². The summed E-state index contributed by atoms with van der Waals surface area (Å²) in [4.78, 5) is 22.4. The molecule has 1 rings (SSSR count). The molecule has 8 heteroatoms. The van der Waals surface area contributed by atoms with Gasteiger partial charge in [-0.2, -0.15) is 0 Å². The van der Waals surface area contributed by atoms with Crippen molar-refractivity contribution < 1.29 is 28.2 Å². The average molecular weight is 350 g/mol. The lowest BCUT2D eigenvalue weighted by molar-refractivity contribution is -0.138. The van der Waals surface area contributed by atoms with Crippen molar-refractivity contribution in [3.8, 4) is 0 Å². The maximum absolute atomic E-state index is 13.1. The van der Waals surface area contributed by atoms with Crippen LogP contribution in [0.2, 0.25) is 5.02 Å². The van der Waals surface area contributed by atoms with Gasteiger partial charge in [0.15, 0.2) is 0 Å². The molecule has 5 nitrogen and oxygen atoms in total. The van der Waals surface area contributed by atoms with Crippen LogP contribution in [0.15, 0.2) is 18.2 Å². The van der Waals surface area contributed by atoms with Crippen molar-refractivity contribution in [2.75, 3.05) is 5.32 Å². The zero-order valence-corrected chi connectivity index (χ0v) is 13.7. The van der Waals surface area contributed by atoms with Gasteiger partial charge in [-0.05, 0) is 44.5 Å². The number of hydrogen-bond donors (Lipinski definition) is 2. The van der Waals surface area contributed by atoms with E-state index in [1.54, 1.807) is 20.8 Å². The lowest BCUT2D eigenvalue weighted by Crippen LogP contribution is -2.27. The molecule has 0 saturated carbocycles. The summed E-state index contributed by atoms with van der Waals surface area (Å²) in [5, 5.41) is 11.2. The van der Waals surface area contributed by atoms with Crippen LogP contribution in [0.25, 0.3) is 0 Å². The van der Waals surface area contributed by atoms with Gasteiger partial charge in [0.2, 0.25) is 6.43 Å². The van der Waals surface area contributed by atoms with Crippen molar-refractivity contribution in [1.29, 1.82) is 0 Å². The summed E-state index contributed by atoms with van der Waals surface area (Å²) < 4.78 is 31.3. The summed E-state index contributed by atoms with van der Waals surface area (Å²) in [5.74, 6) is -2.93. The lowest BCUT2D eigenvalue weighted by Gasteiger charge is -2.21. The number of alkyl halides is 2. The molecule has 1 atom stereocenters. The zero-order valence-electron chi connectivity index (χ0n) is 12.9. The number of carbonyl (C=O) groups excluding carboxylic acids is 1. The van der Waals surface area contributed by atoms with Gasteiger partial charge in [0.25, 0.3) is 0 Å². The van der Waals surface area contributed by atoms with Crippen LogP contribution in [-0.2, 0) is 9.53 Å². The highest BCUT2D eigenvalue weighted by molar-refractivity contribution is 6.31. The van der Waals surface area contributed by atoms with Crippen molar-refractivity contribution in [3.05, 3.63) is 28.8 Å². The summed E-state index contributed by atoms with van der Waals surface area (Å²) in [7, 11) is 0. The summed E-state index contributed by atoms with van der Waals surface area (Å²) >= 11 is 5.89. The number of amides is 1. The molecule has 2 N–H and O–H groups in total. The molecule has 0 aromatic heterocycles. The third-order valence-electron chi connectivity index (χ3n) is 2.74. The topological polar surface area (TPSA) is 75.6 Å². The van der Waals surface area contributed by atoms with E-state index in [0.29, 0.717) is 0 Å². The summed E-state index contributed by atoms with van der Waals surface area (Å²) in [6, 6.07) is 3.96. The molecule has 0 fully saturated rings. The predicted molar refractivity (Wildman–Crippen MR) is 82.3 cm³/mol. The molecule has 23 heavy (non-hydrogen) atoms. The van der Waals surface area contributed by atoms with Gasteiger partial charge in [-0.3, -0.25) is 10.1 Å². The predicted octanol–water partition coefficient (Wildman–Crippen LogP) is 4.51. The van der Waals surface area contributed by atoms with E-state index < -0.39 is 36.4 Å². The molecule has 1 aromatic carbocycles. The largest absolute Gasteiger partial charge is 0.481 e. The normalized spacial score (nSPS) is 12.8. The Morgan fingerprint density at radius 3 is 2.43 bits per heavy atom. The van der Waals surface area contributed by atoms with Gasteiger partial charge in [0.1, 0.15) is 5.60 Å². The Hall–Kier alpha value is -1.89. The Morgan fingerprint density at radius 1 is 1.35 bits per heavy atom. The number of rotatable bonds is 5. The Morgan fingerprint density at radius 2 is 1.96 bits per heavy atom. The van der Waals surface area contributed by atoms with Gasteiger partial charge in [-0.15, -0.1) is 0 Å². The number of nitrogens with one attached hydrogen (secondary N) is 1. The van der Waals surface area contributed by atoms with E-state index in [2.05, 4.69) is 5.32 Å². The molecular formula is C15H18ClF2NO4. The van der Waals surface area contributed by atoms with Crippen molar-refractivity contribution in [1.82, 2.24) is 0 Å². The van der Waals surface area contributed by atoms with E-state index in [1.807, 2.05) is 0 Å². The number of benzene rings is 1. The molecule has 0 aliphatic carbocycles. The Balaban J connectivity index is 3.02. The molecule has 0 radical (unpaired) electrons. The van der Waals surface area contributed by atoms with Crippen molar-refractivity contribution in [3.63, 3.8) is 0 Å². The average Bonchev–Trinajstić information content (AvgIpc) is 2.35. The highest BCUT2D eigenvalue weighted by Gasteiger charge is 2.28. The third kappa shape index (κ3) is 6.40. The standard InChI is InChI=1S/C15H18ClF2NO4/c1-15(2,3)23-14(22)19-8-4-5-11(16)9(6-8)10(13(17)18)7-12(20)21/h4-6,10,13H,7H2,1-3H3,(H,19,22)(H,20,21). The highest BCUT2D eigenvalue weighted by atomic mass is 35.5. The lowest BCUT2D eigenvalue weighted by atomic mass is 9.95. The van der Waals surface area contributed by atoms with Crippen LogP contribution in [0.4, 0.5) is 19.3 Å². The smallest absolute Gasteiger partial charge is 0.412 e. The molecule has 0 heterocycles. The monoisotopic (exact) mass is 349 g/mol. The summed E-state index contributed by atoms with van der Waals surface area (Å²) in [6.07, 6.45) is -4.43. The van der Waals surface area contributed by atoms with E-state index in [9.17, 15) is 18.4 Å². The molecule has 1 aromatic rings. The van der Waals surface area contributed by atoms with Crippen LogP contribution in [0.3, 0.4) is 0 Å². The maximum Gasteiger partial charge on any atom is 0.412 e. The Bertz CT molecular complexity index is 587. The summed E-state index contributed by atoms with van der Waals surface area (Å²) in [5.41, 5.74) is -0.568. The van der Waals surface area contributed by atoms with Gasteiger partial charge in [0, 0.05) is 10.7 Å². The van der Waals surface area contributed by atoms with E-state index in [1.165, 1.54) is 18.2 Å². The van der Waals surface area contributed by atoms with Crippen LogP contribution >= 0.6 is 11.6 Å². The molecular weight excluding hydrogens is 332 g/mol. The molecule has 0 bridgehead atoms. The number of carbonyl (C=O) groups is 2. The minimum atomic E-state index is -2.90. The minimum Gasteiger partial charge on any atom is -0.481 e. The number of halogens is 3. The fourth-order valence-corrected chi connectivity index (χ4v) is 2.11. The molecule has 0 saturated heterocycles. The highest BCUT2D eigenvalue weighted by Crippen LogP contribution is 2.34. The Labute approximate surface area is 137 Å². The van der Waals surface area contributed by atoms with Crippen molar-refractivity contribution >= 4 is 29.4 Å². The number of aliphatic carboxylic acids is 1. The molecule has 1 amide bonds. The number of ether oxygens (including phenoxy) is 1. The maximum atomic E-state index is 13.1. The quantitative estimate of drug-likeness (QED) is 0.820. The second-order valence-electron chi connectivity index (χ2n) is 5.90. The third-order valence-corrected chi connectivity index (χ3v) is 3.08. The van der Waals surface area contributed by atoms with Gasteiger partial charge >= 0.3 is 12.1 Å². The fourth-order valence-electron chi connectivity index (χ4n) is 1.85. The SMILES string of the molecule is CC(C)(C)OC(=O)Nc1ccc(Cl)c(C(CC(=O)O)C(F)F)c1. The van der Waals surface area contributed by atoms with Gasteiger partial charge in [-0.1, -0.05) is 11.6 Å². The van der Waals surface area contributed by atoms with Crippen molar-refractivity contribution in [2.45, 2.75) is 45.1 Å². The minimum absolute atomic E-state index is 0.00582. The number of carboxylic acid groups (broad SMARTS) is 1. The van der Waals surface area contributed by atoms with Crippen LogP contribution in [-0.4, -0.2) is 29.2 Å². The van der Waals surface area contributed by atoms with Crippen LogP contribution in [0.1, 0.15) is 38.7 Å². The van der Waals surface area contributed by atoms with E-state index in [4.69, 9.17) is 21.4 Å². The van der Waals surface area contributed by atoms with Gasteiger partial charge < -0.3 is 9.84 Å². The van der Waals surface area contributed by atoms with E-state index >= 15 is 0 Å². The van der Waals surface area contributed by atoms with Crippen LogP contribution < -0.4 is 5.32 Å². The molecule has 0 aliphatic heterocycles. The van der Waals surface area contributed by atoms with E-state index in [0.717, 1.165) is 0 Å². The molecule has 0 aliphatic rings. The molecule has 128 valence electrons. The number of carboxylic acids is 1. The first kappa shape index (κ1) is 19.2. The second kappa shape index (κ2) is 7.59. The second-order valence-corrected chi connectivity index (χ2v) is 6.31. The number of anilines is 1. The number of hydrogen-bond acceptors (Lipinski definition) is 3.